The lowest BCUT2D eigenvalue weighted by Crippen LogP contribution is -2.13. The summed E-state index contributed by atoms with van der Waals surface area (Å²) in [6.07, 6.45) is -3.47. The molecule has 0 aliphatic rings. The van der Waals surface area contributed by atoms with E-state index < -0.39 is 12.0 Å². The van der Waals surface area contributed by atoms with Crippen molar-refractivity contribution in [1.82, 2.24) is 14.9 Å². The van der Waals surface area contributed by atoms with Gasteiger partial charge in [0.05, 0.1) is 6.21 Å². The predicted molar refractivity (Wildman–Crippen MR) is 93.9 cm³/mol. The summed E-state index contributed by atoms with van der Waals surface area (Å²) in [5.74, 6) is 0.838. The normalized spacial score (nSPS) is 12.0. The van der Waals surface area contributed by atoms with Gasteiger partial charge in [-0.15, -0.1) is 10.2 Å². The maximum atomic E-state index is 13.0. The summed E-state index contributed by atoms with van der Waals surface area (Å²) in [6.45, 7) is 1.99. The van der Waals surface area contributed by atoms with Crippen molar-refractivity contribution in [3.8, 4) is 5.75 Å². The summed E-state index contributed by atoms with van der Waals surface area (Å²) in [5, 5.41) is 10.6. The Morgan fingerprint density at radius 3 is 2.67 bits per heavy atom. The molecule has 0 spiro atoms. The standard InChI is InChI=1S/C17H15F3N4O2S/c1-2-27-16-23-22-15(17(18,19)20)24(16)21-10-13-8-9-14(26-13)11-25-12-6-4-3-5-7-12/h3-10H,2,11H2,1H3. The minimum Gasteiger partial charge on any atom is -0.486 e. The molecule has 0 atom stereocenters. The van der Waals surface area contributed by atoms with Gasteiger partial charge < -0.3 is 9.15 Å². The molecule has 27 heavy (non-hydrogen) atoms. The summed E-state index contributed by atoms with van der Waals surface area (Å²) in [7, 11) is 0. The number of hydrogen-bond acceptors (Lipinski definition) is 6. The molecule has 1 aromatic carbocycles. The monoisotopic (exact) mass is 396 g/mol. The van der Waals surface area contributed by atoms with Crippen molar-refractivity contribution in [3.63, 3.8) is 0 Å². The maximum Gasteiger partial charge on any atom is 0.453 e. The van der Waals surface area contributed by atoms with Crippen molar-refractivity contribution in [2.45, 2.75) is 24.9 Å². The van der Waals surface area contributed by atoms with E-state index in [4.69, 9.17) is 9.15 Å². The molecule has 0 saturated heterocycles. The van der Waals surface area contributed by atoms with Crippen molar-refractivity contribution >= 4 is 18.0 Å². The Morgan fingerprint density at radius 1 is 1.19 bits per heavy atom. The molecule has 2 heterocycles. The molecule has 0 saturated carbocycles. The van der Waals surface area contributed by atoms with Crippen molar-refractivity contribution in [2.75, 3.05) is 5.75 Å². The largest absolute Gasteiger partial charge is 0.486 e. The average molecular weight is 396 g/mol. The predicted octanol–water partition coefficient (Wildman–Crippen LogP) is 4.46. The number of nitrogens with zero attached hydrogens (tertiary/aromatic N) is 4. The van der Waals surface area contributed by atoms with Crippen molar-refractivity contribution < 1.29 is 22.3 Å². The zero-order valence-corrected chi connectivity index (χ0v) is 15.0. The lowest BCUT2D eigenvalue weighted by atomic mass is 10.3. The van der Waals surface area contributed by atoms with Crippen LogP contribution < -0.4 is 4.74 Å². The second kappa shape index (κ2) is 8.30. The number of para-hydroxylation sites is 1. The van der Waals surface area contributed by atoms with Crippen molar-refractivity contribution in [2.24, 2.45) is 5.10 Å². The molecule has 3 aromatic rings. The Balaban J connectivity index is 1.73. The smallest absolute Gasteiger partial charge is 0.453 e. The van der Waals surface area contributed by atoms with E-state index in [1.807, 2.05) is 30.3 Å². The molecule has 0 fully saturated rings. The Morgan fingerprint density at radius 2 is 1.96 bits per heavy atom. The molecule has 3 rings (SSSR count). The highest BCUT2D eigenvalue weighted by atomic mass is 32.2. The van der Waals surface area contributed by atoms with E-state index in [2.05, 4.69) is 15.3 Å². The van der Waals surface area contributed by atoms with Gasteiger partial charge in [0.25, 0.3) is 5.82 Å². The van der Waals surface area contributed by atoms with Gasteiger partial charge >= 0.3 is 6.18 Å². The molecule has 142 valence electrons. The molecular formula is C17H15F3N4O2S. The number of rotatable bonds is 7. The third kappa shape index (κ3) is 4.91. The van der Waals surface area contributed by atoms with Gasteiger partial charge in [-0.1, -0.05) is 36.9 Å². The fourth-order valence-electron chi connectivity index (χ4n) is 2.09. The number of benzene rings is 1. The first-order chi connectivity index (χ1) is 13.0. The Bertz CT molecular complexity index is 907. The van der Waals surface area contributed by atoms with Gasteiger partial charge in [-0.05, 0) is 30.0 Å². The molecule has 6 nitrogen and oxygen atoms in total. The minimum absolute atomic E-state index is 0.0558. The van der Waals surface area contributed by atoms with E-state index in [0.29, 0.717) is 21.9 Å². The van der Waals surface area contributed by atoms with E-state index in [1.54, 1.807) is 19.1 Å². The van der Waals surface area contributed by atoms with Gasteiger partial charge in [-0.3, -0.25) is 0 Å². The van der Waals surface area contributed by atoms with Gasteiger partial charge in [-0.2, -0.15) is 22.9 Å². The molecular weight excluding hydrogens is 381 g/mol. The van der Waals surface area contributed by atoms with Crippen LogP contribution in [-0.2, 0) is 12.8 Å². The third-order valence-corrected chi connectivity index (χ3v) is 4.05. The SMILES string of the molecule is CCSc1nnc(C(F)(F)F)n1N=Cc1ccc(COc2ccccc2)o1. The number of hydrogen-bond donors (Lipinski definition) is 0. The second-order valence-electron chi connectivity index (χ2n) is 5.20. The highest BCUT2D eigenvalue weighted by Gasteiger charge is 2.38. The average Bonchev–Trinajstić information content (AvgIpc) is 3.26. The van der Waals surface area contributed by atoms with Gasteiger partial charge in [0.15, 0.2) is 0 Å². The van der Waals surface area contributed by atoms with E-state index in [-0.39, 0.29) is 17.5 Å². The molecule has 0 N–H and O–H groups in total. The van der Waals surface area contributed by atoms with Crippen molar-refractivity contribution in [3.05, 3.63) is 59.8 Å². The number of aromatic nitrogens is 3. The summed E-state index contributed by atoms with van der Waals surface area (Å²) < 4.78 is 50.9. The minimum atomic E-state index is -4.66. The lowest BCUT2D eigenvalue weighted by Gasteiger charge is -2.05. The van der Waals surface area contributed by atoms with E-state index in [0.717, 1.165) is 11.8 Å². The molecule has 0 radical (unpaired) electrons. The van der Waals surface area contributed by atoms with E-state index in [9.17, 15) is 13.2 Å². The first kappa shape index (κ1) is 19.0. The van der Waals surface area contributed by atoms with Crippen LogP contribution in [0.5, 0.6) is 5.75 Å². The number of thioether (sulfide) groups is 1. The van der Waals surface area contributed by atoms with Crippen LogP contribution in [0.4, 0.5) is 13.2 Å². The highest BCUT2D eigenvalue weighted by Crippen LogP contribution is 2.30. The first-order valence-corrected chi connectivity index (χ1v) is 8.92. The van der Waals surface area contributed by atoms with Crippen LogP contribution in [0.3, 0.4) is 0 Å². The quantitative estimate of drug-likeness (QED) is 0.436. The van der Waals surface area contributed by atoms with Crippen LogP contribution in [0.25, 0.3) is 0 Å². The molecule has 0 aliphatic carbocycles. The summed E-state index contributed by atoms with van der Waals surface area (Å²) in [4.78, 5) is 0. The molecule has 10 heteroatoms. The van der Waals surface area contributed by atoms with Gasteiger partial charge in [0.2, 0.25) is 5.16 Å². The molecule has 0 aliphatic heterocycles. The molecule has 0 amide bonds. The highest BCUT2D eigenvalue weighted by molar-refractivity contribution is 7.99. The Labute approximate surface area is 157 Å². The molecule has 0 bridgehead atoms. The summed E-state index contributed by atoms with van der Waals surface area (Å²) in [5.41, 5.74) is 0. The fraction of sp³-hybridized carbons (Fsp3) is 0.235. The zero-order chi connectivity index (χ0) is 19.3. The number of ether oxygens (including phenoxy) is 1. The van der Waals surface area contributed by atoms with Crippen LogP contribution in [-0.4, -0.2) is 26.8 Å². The van der Waals surface area contributed by atoms with Crippen LogP contribution in [0.1, 0.15) is 24.3 Å². The number of halogens is 3. The topological polar surface area (TPSA) is 65.4 Å². The summed E-state index contributed by atoms with van der Waals surface area (Å²) in [6, 6.07) is 12.4. The number of furan rings is 1. The maximum absolute atomic E-state index is 13.0. The lowest BCUT2D eigenvalue weighted by molar-refractivity contribution is -0.147. The van der Waals surface area contributed by atoms with E-state index >= 15 is 0 Å². The number of alkyl halides is 3. The van der Waals surface area contributed by atoms with Gasteiger partial charge in [0.1, 0.15) is 23.9 Å². The van der Waals surface area contributed by atoms with Crippen LogP contribution in [0.15, 0.2) is 57.1 Å². The Hall–Kier alpha value is -2.75. The third-order valence-electron chi connectivity index (χ3n) is 3.25. The fourth-order valence-corrected chi connectivity index (χ4v) is 2.71. The zero-order valence-electron chi connectivity index (χ0n) is 14.2. The second-order valence-corrected chi connectivity index (χ2v) is 6.43. The first-order valence-electron chi connectivity index (χ1n) is 7.93. The van der Waals surface area contributed by atoms with Crippen LogP contribution in [0.2, 0.25) is 0 Å². The molecule has 0 unspecified atom stereocenters. The van der Waals surface area contributed by atoms with Crippen LogP contribution >= 0.6 is 11.8 Å². The molecule has 2 aromatic heterocycles. The Kier molecular flexibility index (Phi) is 5.84. The van der Waals surface area contributed by atoms with Crippen molar-refractivity contribution in [1.29, 1.82) is 0 Å². The van der Waals surface area contributed by atoms with Crippen LogP contribution in [0, 0.1) is 0 Å². The van der Waals surface area contributed by atoms with Gasteiger partial charge in [-0.25, -0.2) is 0 Å². The van der Waals surface area contributed by atoms with Gasteiger partial charge in [0, 0.05) is 0 Å². The summed E-state index contributed by atoms with van der Waals surface area (Å²) >= 11 is 1.11. The van der Waals surface area contributed by atoms with E-state index in [1.165, 1.54) is 6.21 Å².